The number of carbonyl (C=O) groups is 2. The summed E-state index contributed by atoms with van der Waals surface area (Å²) in [5.74, 6) is -0.178. The van der Waals surface area contributed by atoms with Gasteiger partial charge in [-0.3, -0.25) is 9.69 Å². The van der Waals surface area contributed by atoms with Crippen LogP contribution < -0.4 is 10.6 Å². The van der Waals surface area contributed by atoms with Crippen molar-refractivity contribution in [3.8, 4) is 0 Å². The molecule has 2 unspecified atom stereocenters. The van der Waals surface area contributed by atoms with E-state index in [4.69, 9.17) is 9.47 Å². The molecule has 1 heterocycles. The lowest BCUT2D eigenvalue weighted by Crippen LogP contribution is -2.51. The molecule has 7 nitrogen and oxygen atoms in total. The number of ether oxygens (including phenoxy) is 2. The Morgan fingerprint density at radius 1 is 0.970 bits per heavy atom. The number of rotatable bonds is 11. The molecule has 0 aromatic heterocycles. The smallest absolute Gasteiger partial charge is 0.408 e. The SMILES string of the molecule is CCC(Cc1ccccc1)NC(=O)C(CCN1CCOCC1)NC(=O)OCc1ccccc1. The number of hydrogen-bond acceptors (Lipinski definition) is 5. The number of nitrogens with one attached hydrogen (secondary N) is 2. The van der Waals surface area contributed by atoms with Crippen molar-refractivity contribution in [3.05, 3.63) is 71.8 Å². The van der Waals surface area contributed by atoms with Crippen molar-refractivity contribution in [1.29, 1.82) is 0 Å². The molecule has 3 rings (SSSR count). The number of amides is 2. The standard InChI is InChI=1S/C26H35N3O4/c1-2-23(19-21-9-5-3-6-10-21)27-25(30)24(13-14-29-15-17-32-18-16-29)28-26(31)33-20-22-11-7-4-8-12-22/h3-12,23-24H,2,13-20H2,1H3,(H,27,30)(H,28,31). The molecule has 0 radical (unpaired) electrons. The number of carbonyl (C=O) groups excluding carboxylic acids is 2. The molecule has 1 aliphatic heterocycles. The van der Waals surface area contributed by atoms with Crippen LogP contribution in [-0.2, 0) is 27.3 Å². The van der Waals surface area contributed by atoms with Crippen molar-refractivity contribution in [2.75, 3.05) is 32.8 Å². The molecule has 1 aliphatic rings. The first-order chi connectivity index (χ1) is 16.1. The molecule has 33 heavy (non-hydrogen) atoms. The van der Waals surface area contributed by atoms with E-state index < -0.39 is 12.1 Å². The Morgan fingerprint density at radius 3 is 2.24 bits per heavy atom. The van der Waals surface area contributed by atoms with Crippen molar-refractivity contribution in [2.45, 2.75) is 44.9 Å². The zero-order chi connectivity index (χ0) is 23.3. The highest BCUT2D eigenvalue weighted by Gasteiger charge is 2.25. The molecular formula is C26H35N3O4. The van der Waals surface area contributed by atoms with Gasteiger partial charge in [0.1, 0.15) is 12.6 Å². The largest absolute Gasteiger partial charge is 0.445 e. The Labute approximate surface area is 196 Å². The van der Waals surface area contributed by atoms with Crippen LogP contribution in [0.5, 0.6) is 0 Å². The summed E-state index contributed by atoms with van der Waals surface area (Å²) in [6.45, 7) is 5.97. The minimum atomic E-state index is -0.666. The van der Waals surface area contributed by atoms with Crippen LogP contribution in [-0.4, -0.2) is 61.8 Å². The van der Waals surface area contributed by atoms with Gasteiger partial charge in [-0.05, 0) is 30.4 Å². The predicted molar refractivity (Wildman–Crippen MR) is 128 cm³/mol. The summed E-state index contributed by atoms with van der Waals surface area (Å²) in [5, 5.41) is 5.92. The first-order valence-corrected chi connectivity index (χ1v) is 11.8. The van der Waals surface area contributed by atoms with Gasteiger partial charge in [0, 0.05) is 25.7 Å². The van der Waals surface area contributed by atoms with Gasteiger partial charge in [0.25, 0.3) is 0 Å². The van der Waals surface area contributed by atoms with Gasteiger partial charge in [0.2, 0.25) is 5.91 Å². The number of benzene rings is 2. The van der Waals surface area contributed by atoms with E-state index in [0.29, 0.717) is 26.2 Å². The van der Waals surface area contributed by atoms with Crippen LogP contribution in [0.2, 0.25) is 0 Å². The highest BCUT2D eigenvalue weighted by atomic mass is 16.5. The second-order valence-electron chi connectivity index (χ2n) is 8.30. The monoisotopic (exact) mass is 453 g/mol. The van der Waals surface area contributed by atoms with Crippen LogP contribution >= 0.6 is 0 Å². The fraction of sp³-hybridized carbons (Fsp3) is 0.462. The summed E-state index contributed by atoms with van der Waals surface area (Å²) in [5.41, 5.74) is 2.07. The molecular weight excluding hydrogens is 418 g/mol. The molecule has 2 amide bonds. The van der Waals surface area contributed by atoms with Crippen molar-refractivity contribution >= 4 is 12.0 Å². The highest BCUT2D eigenvalue weighted by Crippen LogP contribution is 2.08. The third kappa shape index (κ3) is 8.86. The molecule has 2 N–H and O–H groups in total. The Balaban J connectivity index is 1.57. The number of nitrogens with zero attached hydrogens (tertiary/aromatic N) is 1. The van der Waals surface area contributed by atoms with E-state index in [2.05, 4.69) is 34.6 Å². The minimum absolute atomic E-state index is 0.00655. The number of hydrogen-bond donors (Lipinski definition) is 2. The zero-order valence-corrected chi connectivity index (χ0v) is 19.4. The molecule has 0 bridgehead atoms. The zero-order valence-electron chi connectivity index (χ0n) is 19.4. The van der Waals surface area contributed by atoms with Gasteiger partial charge in [0.15, 0.2) is 0 Å². The maximum absolute atomic E-state index is 13.2. The van der Waals surface area contributed by atoms with Crippen molar-refractivity contribution in [2.24, 2.45) is 0 Å². The van der Waals surface area contributed by atoms with E-state index in [1.165, 1.54) is 5.56 Å². The topological polar surface area (TPSA) is 79.9 Å². The summed E-state index contributed by atoms with van der Waals surface area (Å²) in [4.78, 5) is 27.9. The average molecular weight is 454 g/mol. The molecule has 1 saturated heterocycles. The van der Waals surface area contributed by atoms with Crippen molar-refractivity contribution in [3.63, 3.8) is 0 Å². The number of alkyl carbamates (subject to hydrolysis) is 1. The maximum atomic E-state index is 13.2. The van der Waals surface area contributed by atoms with E-state index in [9.17, 15) is 9.59 Å². The lowest BCUT2D eigenvalue weighted by molar-refractivity contribution is -0.124. The van der Waals surface area contributed by atoms with Gasteiger partial charge in [-0.25, -0.2) is 4.79 Å². The molecule has 0 spiro atoms. The molecule has 2 aromatic carbocycles. The molecule has 7 heteroatoms. The highest BCUT2D eigenvalue weighted by molar-refractivity contribution is 5.85. The molecule has 178 valence electrons. The first kappa shape index (κ1) is 24.7. The van der Waals surface area contributed by atoms with Crippen LogP contribution in [0.3, 0.4) is 0 Å². The third-order valence-electron chi connectivity index (χ3n) is 5.82. The Bertz CT molecular complexity index is 841. The van der Waals surface area contributed by atoms with Crippen molar-refractivity contribution in [1.82, 2.24) is 15.5 Å². The average Bonchev–Trinajstić information content (AvgIpc) is 2.86. The van der Waals surface area contributed by atoms with E-state index in [1.807, 2.05) is 48.5 Å². The van der Waals surface area contributed by atoms with Gasteiger partial charge in [-0.1, -0.05) is 67.6 Å². The summed E-state index contributed by atoms with van der Waals surface area (Å²) in [7, 11) is 0. The van der Waals surface area contributed by atoms with Crippen LogP contribution in [0.1, 0.15) is 30.9 Å². The van der Waals surface area contributed by atoms with Gasteiger partial charge in [-0.2, -0.15) is 0 Å². The minimum Gasteiger partial charge on any atom is -0.445 e. The summed E-state index contributed by atoms with van der Waals surface area (Å²) in [6.07, 6.45) is 1.47. The van der Waals surface area contributed by atoms with Crippen molar-refractivity contribution < 1.29 is 19.1 Å². The van der Waals surface area contributed by atoms with Crippen LogP contribution in [0.4, 0.5) is 4.79 Å². The normalized spacial score (nSPS) is 15.9. The van der Waals surface area contributed by atoms with Gasteiger partial charge >= 0.3 is 6.09 Å². The van der Waals surface area contributed by atoms with Crippen LogP contribution in [0.15, 0.2) is 60.7 Å². The second-order valence-corrected chi connectivity index (χ2v) is 8.30. The van der Waals surface area contributed by atoms with Crippen LogP contribution in [0.25, 0.3) is 0 Å². The Kier molecular flexibility index (Phi) is 10.2. The predicted octanol–water partition coefficient (Wildman–Crippen LogP) is 3.14. The molecule has 1 fully saturated rings. The van der Waals surface area contributed by atoms with Crippen LogP contribution in [0, 0.1) is 0 Å². The quantitative estimate of drug-likeness (QED) is 0.546. The van der Waals surface area contributed by atoms with E-state index in [0.717, 1.165) is 31.5 Å². The second kappa shape index (κ2) is 13.6. The fourth-order valence-corrected chi connectivity index (χ4v) is 3.81. The fourth-order valence-electron chi connectivity index (χ4n) is 3.81. The van der Waals surface area contributed by atoms with E-state index >= 15 is 0 Å². The number of morpholine rings is 1. The molecule has 2 atom stereocenters. The lowest BCUT2D eigenvalue weighted by atomic mass is 10.0. The lowest BCUT2D eigenvalue weighted by Gasteiger charge is -2.29. The first-order valence-electron chi connectivity index (χ1n) is 11.8. The third-order valence-corrected chi connectivity index (χ3v) is 5.82. The maximum Gasteiger partial charge on any atom is 0.408 e. The molecule has 0 aliphatic carbocycles. The molecule has 0 saturated carbocycles. The summed E-state index contributed by atoms with van der Waals surface area (Å²) < 4.78 is 10.8. The summed E-state index contributed by atoms with van der Waals surface area (Å²) in [6, 6.07) is 18.9. The Hall–Kier alpha value is -2.90. The van der Waals surface area contributed by atoms with Gasteiger partial charge < -0.3 is 20.1 Å². The van der Waals surface area contributed by atoms with E-state index in [-0.39, 0.29) is 18.6 Å². The summed E-state index contributed by atoms with van der Waals surface area (Å²) >= 11 is 0. The van der Waals surface area contributed by atoms with E-state index in [1.54, 1.807) is 0 Å². The molecule has 2 aromatic rings. The Morgan fingerprint density at radius 2 is 1.61 bits per heavy atom. The van der Waals surface area contributed by atoms with Gasteiger partial charge in [-0.15, -0.1) is 0 Å². The van der Waals surface area contributed by atoms with Gasteiger partial charge in [0.05, 0.1) is 13.2 Å².